The van der Waals surface area contributed by atoms with Crippen molar-refractivity contribution in [3.05, 3.63) is 84.0 Å². The highest BCUT2D eigenvalue weighted by Crippen LogP contribution is 2.29. The number of rotatable bonds is 3. The van der Waals surface area contributed by atoms with Crippen LogP contribution in [0.1, 0.15) is 21.7 Å². The normalized spacial score (nSPS) is 12.5. The van der Waals surface area contributed by atoms with Crippen LogP contribution in [-0.2, 0) is 17.8 Å². The summed E-state index contributed by atoms with van der Waals surface area (Å²) in [5, 5.41) is 12.2. The van der Waals surface area contributed by atoms with Gasteiger partial charge in [-0.2, -0.15) is 5.10 Å². The van der Waals surface area contributed by atoms with E-state index in [1.165, 1.54) is 40.2 Å². The molecule has 10 heteroatoms. The third-order valence-corrected chi connectivity index (χ3v) is 4.59. The van der Waals surface area contributed by atoms with Crippen molar-refractivity contribution in [2.75, 3.05) is 0 Å². The molecule has 3 heterocycles. The number of halogens is 1. The minimum atomic E-state index is -0.627. The van der Waals surface area contributed by atoms with Crippen LogP contribution in [-0.4, -0.2) is 41.6 Å². The summed E-state index contributed by atoms with van der Waals surface area (Å²) in [4.78, 5) is 21.3. The molecule has 1 aliphatic rings. The maximum Gasteiger partial charge on any atom is 0.361 e. The largest absolute Gasteiger partial charge is 0.456 e. The Balaban J connectivity index is 1.54. The smallest absolute Gasteiger partial charge is 0.361 e. The fourth-order valence-electron chi connectivity index (χ4n) is 3.17. The summed E-state index contributed by atoms with van der Waals surface area (Å²) in [6, 6.07) is 13.4. The predicted octanol–water partition coefficient (Wildman–Crippen LogP) is 2.49. The van der Waals surface area contributed by atoms with E-state index in [0.717, 1.165) is 5.56 Å². The van der Waals surface area contributed by atoms with E-state index in [9.17, 15) is 9.18 Å². The molecule has 0 atom stereocenters. The number of hydrogen-bond acceptors (Lipinski definition) is 7. The van der Waals surface area contributed by atoms with E-state index in [4.69, 9.17) is 4.74 Å². The molecule has 4 aromatic rings. The summed E-state index contributed by atoms with van der Waals surface area (Å²) in [6.45, 7) is 0.0984. The molecule has 0 amide bonds. The van der Waals surface area contributed by atoms with E-state index in [0.29, 0.717) is 22.9 Å². The fourth-order valence-corrected chi connectivity index (χ4v) is 3.17. The Hall–Kier alpha value is -4.21. The molecule has 148 valence electrons. The second kappa shape index (κ2) is 7.32. The number of aliphatic imine (C=N–C) groups is 1. The van der Waals surface area contributed by atoms with Gasteiger partial charge in [-0.3, -0.25) is 0 Å². The average molecular weight is 403 g/mol. The molecular formula is C20H14FN7O2. The Bertz CT molecular complexity index is 1250. The topological polar surface area (TPSA) is 100 Å². The van der Waals surface area contributed by atoms with Gasteiger partial charge in [0, 0.05) is 6.07 Å². The molecule has 1 aliphatic heterocycles. The van der Waals surface area contributed by atoms with Crippen LogP contribution in [0.4, 0.5) is 10.1 Å². The van der Waals surface area contributed by atoms with Gasteiger partial charge < -0.3 is 4.74 Å². The molecular weight excluding hydrogens is 389 g/mol. The maximum atomic E-state index is 13.9. The van der Waals surface area contributed by atoms with Gasteiger partial charge >= 0.3 is 5.97 Å². The number of hydrogen-bond donors (Lipinski definition) is 0. The van der Waals surface area contributed by atoms with Gasteiger partial charge in [-0.25, -0.2) is 28.5 Å². The van der Waals surface area contributed by atoms with Gasteiger partial charge in [-0.15, -0.1) is 5.10 Å². The van der Waals surface area contributed by atoms with Crippen molar-refractivity contribution in [1.29, 1.82) is 0 Å². The lowest BCUT2D eigenvalue weighted by Crippen LogP contribution is -2.18. The number of fused-ring (bicyclic) bond motifs is 3. The summed E-state index contributed by atoms with van der Waals surface area (Å²) in [5.41, 5.74) is 2.15. The molecule has 0 saturated heterocycles. The number of carbonyl (C=O) groups excluding carboxylic acids is 1. The Morgan fingerprint density at radius 1 is 1.17 bits per heavy atom. The van der Waals surface area contributed by atoms with Gasteiger partial charge in [0.1, 0.15) is 30.9 Å². The fraction of sp³-hybridized carbons (Fsp3) is 0.100. The SMILES string of the molecule is O=C(OCc1ccccc1)c1nnn2c1CC(n1cncn1)=Nc1ccc(F)cc1-2. The molecule has 30 heavy (non-hydrogen) atoms. The molecule has 0 fully saturated rings. The van der Waals surface area contributed by atoms with E-state index in [1.807, 2.05) is 30.3 Å². The quantitative estimate of drug-likeness (QED) is 0.487. The minimum absolute atomic E-state index is 0.0378. The standard InChI is InChI=1S/C20H14FN7O2/c21-14-6-7-15-16(8-14)28-17(9-18(24-15)27-12-22-11-23-27)19(25-26-28)20(29)30-10-13-4-2-1-3-5-13/h1-8,11-12H,9-10H2. The van der Waals surface area contributed by atoms with E-state index >= 15 is 0 Å². The monoisotopic (exact) mass is 403 g/mol. The van der Waals surface area contributed by atoms with Gasteiger partial charge in [0.05, 0.1) is 23.5 Å². The Morgan fingerprint density at radius 3 is 2.83 bits per heavy atom. The van der Waals surface area contributed by atoms with Crippen LogP contribution in [0.3, 0.4) is 0 Å². The molecule has 9 nitrogen and oxygen atoms in total. The van der Waals surface area contributed by atoms with Gasteiger partial charge in [-0.05, 0) is 17.7 Å². The first-order chi connectivity index (χ1) is 14.7. The van der Waals surface area contributed by atoms with Crippen LogP contribution in [0.15, 0.2) is 66.2 Å². The zero-order valence-corrected chi connectivity index (χ0v) is 15.5. The molecule has 0 saturated carbocycles. The number of carbonyl (C=O) groups is 1. The third kappa shape index (κ3) is 3.24. The third-order valence-electron chi connectivity index (χ3n) is 4.59. The van der Waals surface area contributed by atoms with Crippen LogP contribution in [0.25, 0.3) is 5.69 Å². The minimum Gasteiger partial charge on any atom is -0.456 e. The highest BCUT2D eigenvalue weighted by molar-refractivity contribution is 5.94. The van der Waals surface area contributed by atoms with E-state index in [2.05, 4.69) is 25.4 Å². The number of aromatic nitrogens is 6. The predicted molar refractivity (Wildman–Crippen MR) is 103 cm³/mol. The van der Waals surface area contributed by atoms with Gasteiger partial charge in [-0.1, -0.05) is 35.5 Å². The highest BCUT2D eigenvalue weighted by Gasteiger charge is 2.27. The van der Waals surface area contributed by atoms with E-state index in [1.54, 1.807) is 0 Å². The molecule has 2 aromatic carbocycles. The second-order valence-corrected chi connectivity index (χ2v) is 6.54. The maximum absolute atomic E-state index is 13.9. The van der Waals surface area contributed by atoms with Crippen molar-refractivity contribution < 1.29 is 13.9 Å². The van der Waals surface area contributed by atoms with Crippen molar-refractivity contribution in [3.8, 4) is 5.69 Å². The lowest BCUT2D eigenvalue weighted by Gasteiger charge is -2.07. The summed E-state index contributed by atoms with van der Waals surface area (Å²) in [7, 11) is 0. The summed E-state index contributed by atoms with van der Waals surface area (Å²) >= 11 is 0. The van der Waals surface area contributed by atoms with Crippen LogP contribution >= 0.6 is 0 Å². The van der Waals surface area contributed by atoms with Crippen LogP contribution < -0.4 is 0 Å². The molecule has 2 aromatic heterocycles. The van der Waals surface area contributed by atoms with Crippen molar-refractivity contribution in [2.45, 2.75) is 13.0 Å². The first-order valence-corrected chi connectivity index (χ1v) is 9.07. The van der Waals surface area contributed by atoms with Crippen molar-refractivity contribution in [1.82, 2.24) is 29.8 Å². The summed E-state index contributed by atoms with van der Waals surface area (Å²) in [6.07, 6.45) is 3.04. The number of esters is 1. The van der Waals surface area contributed by atoms with E-state index < -0.39 is 11.8 Å². The van der Waals surface area contributed by atoms with Crippen molar-refractivity contribution >= 4 is 17.5 Å². The van der Waals surface area contributed by atoms with Crippen LogP contribution in [0, 0.1) is 5.82 Å². The molecule has 0 N–H and O–H groups in total. The zero-order chi connectivity index (χ0) is 20.5. The molecule has 0 unspecified atom stereocenters. The average Bonchev–Trinajstić information content (AvgIpc) is 3.41. The molecule has 0 bridgehead atoms. The second-order valence-electron chi connectivity index (χ2n) is 6.54. The Kier molecular flexibility index (Phi) is 4.36. The van der Waals surface area contributed by atoms with Gasteiger partial charge in [0.2, 0.25) is 0 Å². The molecule has 0 spiro atoms. The van der Waals surface area contributed by atoms with Gasteiger partial charge in [0.15, 0.2) is 5.69 Å². The Morgan fingerprint density at radius 2 is 2.03 bits per heavy atom. The van der Waals surface area contributed by atoms with E-state index in [-0.39, 0.29) is 18.7 Å². The first kappa shape index (κ1) is 17.9. The van der Waals surface area contributed by atoms with Crippen LogP contribution in [0.5, 0.6) is 0 Å². The van der Waals surface area contributed by atoms with Crippen molar-refractivity contribution in [2.24, 2.45) is 4.99 Å². The summed E-state index contributed by atoms with van der Waals surface area (Å²) in [5.74, 6) is -0.598. The van der Waals surface area contributed by atoms with Crippen molar-refractivity contribution in [3.63, 3.8) is 0 Å². The number of ether oxygens (including phenoxy) is 1. The van der Waals surface area contributed by atoms with Gasteiger partial charge in [0.25, 0.3) is 0 Å². The zero-order valence-electron chi connectivity index (χ0n) is 15.5. The number of benzene rings is 2. The lowest BCUT2D eigenvalue weighted by atomic mass is 10.2. The summed E-state index contributed by atoms with van der Waals surface area (Å²) < 4.78 is 22.2. The molecule has 0 radical (unpaired) electrons. The number of nitrogens with zero attached hydrogens (tertiary/aromatic N) is 7. The van der Waals surface area contributed by atoms with Crippen LogP contribution in [0.2, 0.25) is 0 Å². The lowest BCUT2D eigenvalue weighted by molar-refractivity contribution is 0.0464. The first-order valence-electron chi connectivity index (χ1n) is 9.07. The highest BCUT2D eigenvalue weighted by atomic mass is 19.1. The molecule has 5 rings (SSSR count). The molecule has 0 aliphatic carbocycles. The Labute approximate surface area is 169 Å².